The number of aliphatic imine (C=N–C) groups is 1. The van der Waals surface area contributed by atoms with Gasteiger partial charge in [0, 0.05) is 31.5 Å². The Bertz CT molecular complexity index is 659. The highest BCUT2D eigenvalue weighted by molar-refractivity contribution is 5.97. The van der Waals surface area contributed by atoms with E-state index in [2.05, 4.69) is 16.9 Å². The van der Waals surface area contributed by atoms with Crippen LogP contribution >= 0.6 is 0 Å². The van der Waals surface area contributed by atoms with Crippen LogP contribution in [0.1, 0.15) is 28.4 Å². The molecular weight excluding hydrogens is 264 g/mol. The lowest BCUT2D eigenvalue weighted by Crippen LogP contribution is -2.14. The van der Waals surface area contributed by atoms with Crippen LogP contribution in [-0.2, 0) is 0 Å². The minimum absolute atomic E-state index is 0.0747. The zero-order chi connectivity index (χ0) is 15.4. The van der Waals surface area contributed by atoms with Gasteiger partial charge in [-0.2, -0.15) is 0 Å². The maximum atomic E-state index is 12.4. The van der Waals surface area contributed by atoms with Crippen LogP contribution in [0.5, 0.6) is 0 Å². The average molecular weight is 284 g/mol. The maximum Gasteiger partial charge on any atom is 0.263 e. The molecule has 0 aliphatic heterocycles. The third kappa shape index (κ3) is 3.37. The molecule has 2 rings (SSSR count). The Labute approximate surface area is 124 Å². The SMILES string of the molecule is CCN(C)C=Nc1cc(C)c(C(=O)n2ccnc2)cc1C. The molecule has 0 saturated carbocycles. The van der Waals surface area contributed by atoms with Crippen molar-refractivity contribution in [3.05, 3.63) is 47.5 Å². The van der Waals surface area contributed by atoms with Gasteiger partial charge in [-0.05, 0) is 44.0 Å². The van der Waals surface area contributed by atoms with Gasteiger partial charge >= 0.3 is 0 Å². The standard InChI is InChI=1S/C16H20N4O/c1-5-19(4)11-18-15-9-12(2)14(8-13(15)3)16(21)20-7-6-17-10-20/h6-11H,5H2,1-4H3. The van der Waals surface area contributed by atoms with Crippen molar-refractivity contribution in [2.24, 2.45) is 4.99 Å². The van der Waals surface area contributed by atoms with Gasteiger partial charge in [-0.3, -0.25) is 9.36 Å². The molecule has 0 saturated heterocycles. The predicted molar refractivity (Wildman–Crippen MR) is 84.3 cm³/mol. The number of benzene rings is 1. The van der Waals surface area contributed by atoms with Crippen molar-refractivity contribution in [1.82, 2.24) is 14.5 Å². The summed E-state index contributed by atoms with van der Waals surface area (Å²) in [6.07, 6.45) is 6.57. The molecule has 0 amide bonds. The van der Waals surface area contributed by atoms with E-state index in [4.69, 9.17) is 0 Å². The predicted octanol–water partition coefficient (Wildman–Crippen LogP) is 2.80. The Morgan fingerprint density at radius 3 is 2.76 bits per heavy atom. The molecule has 2 aromatic rings. The summed E-state index contributed by atoms with van der Waals surface area (Å²) in [6.45, 7) is 6.85. The van der Waals surface area contributed by atoms with E-state index in [0.29, 0.717) is 5.56 Å². The van der Waals surface area contributed by atoms with Crippen LogP contribution < -0.4 is 0 Å². The average Bonchev–Trinajstić information content (AvgIpc) is 3.00. The molecule has 1 aromatic heterocycles. The largest absolute Gasteiger partial charge is 0.366 e. The minimum atomic E-state index is -0.0747. The van der Waals surface area contributed by atoms with E-state index in [0.717, 1.165) is 23.4 Å². The van der Waals surface area contributed by atoms with E-state index in [-0.39, 0.29) is 5.91 Å². The smallest absolute Gasteiger partial charge is 0.263 e. The zero-order valence-electron chi connectivity index (χ0n) is 12.9. The molecule has 0 N–H and O–H groups in total. The summed E-state index contributed by atoms with van der Waals surface area (Å²) >= 11 is 0. The molecule has 0 unspecified atom stereocenters. The normalized spacial score (nSPS) is 11.0. The van der Waals surface area contributed by atoms with Crippen molar-refractivity contribution in [3.63, 3.8) is 0 Å². The highest BCUT2D eigenvalue weighted by Gasteiger charge is 2.13. The summed E-state index contributed by atoms with van der Waals surface area (Å²) in [5.41, 5.74) is 3.44. The Morgan fingerprint density at radius 2 is 2.14 bits per heavy atom. The third-order valence-corrected chi connectivity index (χ3v) is 3.40. The van der Waals surface area contributed by atoms with Crippen LogP contribution in [0.4, 0.5) is 5.69 Å². The number of hydrogen-bond acceptors (Lipinski definition) is 3. The second-order valence-corrected chi connectivity index (χ2v) is 5.05. The van der Waals surface area contributed by atoms with E-state index < -0.39 is 0 Å². The topological polar surface area (TPSA) is 50.5 Å². The molecular formula is C16H20N4O. The molecule has 110 valence electrons. The summed E-state index contributed by atoms with van der Waals surface area (Å²) in [6, 6.07) is 3.83. The number of nitrogens with zero attached hydrogens (tertiary/aromatic N) is 4. The molecule has 0 bridgehead atoms. The zero-order valence-corrected chi connectivity index (χ0v) is 12.9. The lowest BCUT2D eigenvalue weighted by Gasteiger charge is -2.11. The highest BCUT2D eigenvalue weighted by atomic mass is 16.2. The second kappa shape index (κ2) is 6.35. The maximum absolute atomic E-state index is 12.4. The summed E-state index contributed by atoms with van der Waals surface area (Å²) in [5, 5.41) is 0. The van der Waals surface area contributed by atoms with Crippen molar-refractivity contribution in [2.45, 2.75) is 20.8 Å². The van der Waals surface area contributed by atoms with Gasteiger partial charge in [-0.15, -0.1) is 0 Å². The number of carbonyl (C=O) groups is 1. The fraction of sp³-hybridized carbons (Fsp3) is 0.312. The van der Waals surface area contributed by atoms with Crippen LogP contribution in [0.3, 0.4) is 0 Å². The van der Waals surface area contributed by atoms with Crippen LogP contribution in [0.15, 0.2) is 35.8 Å². The summed E-state index contributed by atoms with van der Waals surface area (Å²) in [4.78, 5) is 22.8. The first kappa shape index (κ1) is 15.0. The van der Waals surface area contributed by atoms with E-state index in [1.165, 1.54) is 10.9 Å². The lowest BCUT2D eigenvalue weighted by molar-refractivity contribution is 0.0959. The molecule has 0 spiro atoms. The number of aromatic nitrogens is 2. The van der Waals surface area contributed by atoms with Gasteiger partial charge < -0.3 is 4.90 Å². The van der Waals surface area contributed by atoms with Gasteiger partial charge in [-0.1, -0.05) is 0 Å². The van der Waals surface area contributed by atoms with Crippen molar-refractivity contribution < 1.29 is 4.79 Å². The Balaban J connectivity index is 2.33. The Kier molecular flexibility index (Phi) is 4.52. The quantitative estimate of drug-likeness (QED) is 0.641. The molecule has 0 radical (unpaired) electrons. The van der Waals surface area contributed by atoms with Crippen LogP contribution in [0.2, 0.25) is 0 Å². The Hall–Kier alpha value is -2.43. The minimum Gasteiger partial charge on any atom is -0.366 e. The van der Waals surface area contributed by atoms with Crippen LogP contribution in [0.25, 0.3) is 0 Å². The van der Waals surface area contributed by atoms with Gasteiger partial charge in [0.25, 0.3) is 5.91 Å². The number of aryl methyl sites for hydroxylation is 2. The fourth-order valence-electron chi connectivity index (χ4n) is 1.93. The molecule has 21 heavy (non-hydrogen) atoms. The molecule has 0 aliphatic carbocycles. The number of imidazole rings is 1. The van der Waals surface area contributed by atoms with Gasteiger partial charge in [0.05, 0.1) is 12.0 Å². The molecule has 5 heteroatoms. The number of rotatable bonds is 4. The van der Waals surface area contributed by atoms with E-state index >= 15 is 0 Å². The second-order valence-electron chi connectivity index (χ2n) is 5.05. The first-order valence-corrected chi connectivity index (χ1v) is 6.91. The molecule has 0 aliphatic rings. The van der Waals surface area contributed by atoms with Crippen molar-refractivity contribution >= 4 is 17.9 Å². The summed E-state index contributed by atoms with van der Waals surface area (Å²) in [5.74, 6) is -0.0747. The number of hydrogen-bond donors (Lipinski definition) is 0. The van der Waals surface area contributed by atoms with E-state index in [9.17, 15) is 4.79 Å². The highest BCUT2D eigenvalue weighted by Crippen LogP contribution is 2.23. The first-order valence-electron chi connectivity index (χ1n) is 6.91. The van der Waals surface area contributed by atoms with Crippen LogP contribution in [0, 0.1) is 13.8 Å². The van der Waals surface area contributed by atoms with Crippen molar-refractivity contribution in [3.8, 4) is 0 Å². The Morgan fingerprint density at radius 1 is 1.38 bits per heavy atom. The van der Waals surface area contributed by atoms with Gasteiger partial charge in [0.1, 0.15) is 6.33 Å². The number of carbonyl (C=O) groups excluding carboxylic acids is 1. The molecule has 5 nitrogen and oxygen atoms in total. The van der Waals surface area contributed by atoms with Gasteiger partial charge in [-0.25, -0.2) is 9.98 Å². The molecule has 1 heterocycles. The van der Waals surface area contributed by atoms with E-state index in [1.54, 1.807) is 18.7 Å². The molecule has 1 aromatic carbocycles. The summed E-state index contributed by atoms with van der Waals surface area (Å²) in [7, 11) is 1.97. The fourth-order valence-corrected chi connectivity index (χ4v) is 1.93. The van der Waals surface area contributed by atoms with E-state index in [1.807, 2.05) is 37.9 Å². The van der Waals surface area contributed by atoms with Gasteiger partial charge in [0.15, 0.2) is 0 Å². The van der Waals surface area contributed by atoms with Gasteiger partial charge in [0.2, 0.25) is 0 Å². The lowest BCUT2D eigenvalue weighted by atomic mass is 10.0. The summed E-state index contributed by atoms with van der Waals surface area (Å²) < 4.78 is 1.48. The molecule has 0 fully saturated rings. The molecule has 0 atom stereocenters. The first-order chi connectivity index (χ1) is 10.0. The van der Waals surface area contributed by atoms with Crippen molar-refractivity contribution in [2.75, 3.05) is 13.6 Å². The van der Waals surface area contributed by atoms with Crippen molar-refractivity contribution in [1.29, 1.82) is 0 Å². The third-order valence-electron chi connectivity index (χ3n) is 3.40. The monoisotopic (exact) mass is 284 g/mol. The van der Waals surface area contributed by atoms with Crippen LogP contribution in [-0.4, -0.2) is 40.3 Å².